The molecule has 1 heterocycles. The number of nitriles is 1. The molecule has 2 aliphatic rings. The largest absolute Gasteiger partial charge is 0.326 e. The van der Waals surface area contributed by atoms with E-state index in [4.69, 9.17) is 5.26 Å². The topological polar surface area (TPSA) is 56.1 Å². The first-order valence-corrected chi connectivity index (χ1v) is 7.73. The average molecular weight is 265 g/mol. The second-order valence-electron chi connectivity index (χ2n) is 5.09. The molecule has 1 amide bonds. The third kappa shape index (κ3) is 4.83. The lowest BCUT2D eigenvalue weighted by Gasteiger charge is -2.25. The summed E-state index contributed by atoms with van der Waals surface area (Å²) in [4.78, 5) is 13.7. The minimum absolute atomic E-state index is 0.0969. The standard InChI is InChI=1S/C13H21N3O.C2H6/c14-9-12-7-4-8-16(12)13(17)10-15-11-5-2-1-3-6-11;1-2/h11-12,15H,1-8,10H2;1-2H3. The van der Waals surface area contributed by atoms with E-state index in [0.717, 1.165) is 19.4 Å². The summed E-state index contributed by atoms with van der Waals surface area (Å²) in [6.45, 7) is 5.16. The Hall–Kier alpha value is -1.08. The van der Waals surface area contributed by atoms with Crippen LogP contribution < -0.4 is 5.32 Å². The average Bonchev–Trinajstić information content (AvgIpc) is 2.96. The molecule has 0 bridgehead atoms. The van der Waals surface area contributed by atoms with Crippen molar-refractivity contribution in [3.05, 3.63) is 0 Å². The number of amides is 1. The molecule has 0 aromatic rings. The fourth-order valence-corrected chi connectivity index (χ4v) is 2.84. The van der Waals surface area contributed by atoms with Crippen LogP contribution in [0.1, 0.15) is 58.8 Å². The van der Waals surface area contributed by atoms with Gasteiger partial charge < -0.3 is 10.2 Å². The molecule has 1 unspecified atom stereocenters. The summed E-state index contributed by atoms with van der Waals surface area (Å²) in [5.41, 5.74) is 0. The van der Waals surface area contributed by atoms with Crippen molar-refractivity contribution >= 4 is 5.91 Å². The quantitative estimate of drug-likeness (QED) is 0.852. The molecule has 1 aliphatic heterocycles. The Morgan fingerprint density at radius 1 is 1.21 bits per heavy atom. The van der Waals surface area contributed by atoms with E-state index in [2.05, 4.69) is 11.4 Å². The zero-order valence-electron chi connectivity index (χ0n) is 12.3. The van der Waals surface area contributed by atoms with E-state index in [1.807, 2.05) is 13.8 Å². The van der Waals surface area contributed by atoms with Crippen molar-refractivity contribution in [2.45, 2.75) is 70.9 Å². The molecule has 0 spiro atoms. The summed E-state index contributed by atoms with van der Waals surface area (Å²) in [7, 11) is 0. The van der Waals surface area contributed by atoms with Crippen LogP contribution in [-0.2, 0) is 4.79 Å². The zero-order chi connectivity index (χ0) is 14.1. The van der Waals surface area contributed by atoms with E-state index in [0.29, 0.717) is 12.6 Å². The molecule has 0 radical (unpaired) electrons. The van der Waals surface area contributed by atoms with Crippen molar-refractivity contribution in [2.24, 2.45) is 0 Å². The molecule has 1 saturated carbocycles. The summed E-state index contributed by atoms with van der Waals surface area (Å²) in [5, 5.41) is 12.3. The number of nitrogens with zero attached hydrogens (tertiary/aromatic N) is 2. The molecular weight excluding hydrogens is 238 g/mol. The normalized spacial score (nSPS) is 23.4. The third-order valence-electron chi connectivity index (χ3n) is 3.87. The summed E-state index contributed by atoms with van der Waals surface area (Å²) >= 11 is 0. The van der Waals surface area contributed by atoms with E-state index in [1.54, 1.807) is 4.90 Å². The Morgan fingerprint density at radius 2 is 1.89 bits per heavy atom. The molecular formula is C15H27N3O. The van der Waals surface area contributed by atoms with E-state index in [-0.39, 0.29) is 11.9 Å². The van der Waals surface area contributed by atoms with E-state index in [9.17, 15) is 4.79 Å². The van der Waals surface area contributed by atoms with Crippen LogP contribution in [0.3, 0.4) is 0 Å². The van der Waals surface area contributed by atoms with Gasteiger partial charge >= 0.3 is 0 Å². The van der Waals surface area contributed by atoms with Crippen LogP contribution in [0, 0.1) is 11.3 Å². The molecule has 2 fully saturated rings. The second kappa shape index (κ2) is 8.92. The number of carbonyl (C=O) groups excluding carboxylic acids is 1. The molecule has 1 aliphatic carbocycles. The minimum Gasteiger partial charge on any atom is -0.326 e. The monoisotopic (exact) mass is 265 g/mol. The third-order valence-corrected chi connectivity index (χ3v) is 3.87. The van der Waals surface area contributed by atoms with Gasteiger partial charge in [-0.15, -0.1) is 0 Å². The number of rotatable bonds is 3. The Labute approximate surface area is 117 Å². The van der Waals surface area contributed by atoms with Gasteiger partial charge in [0.2, 0.25) is 5.91 Å². The number of hydrogen-bond donors (Lipinski definition) is 1. The van der Waals surface area contributed by atoms with Gasteiger partial charge in [-0.1, -0.05) is 33.1 Å². The lowest BCUT2D eigenvalue weighted by molar-refractivity contribution is -0.130. The summed E-state index contributed by atoms with van der Waals surface area (Å²) in [6, 6.07) is 2.54. The lowest BCUT2D eigenvalue weighted by atomic mass is 9.95. The van der Waals surface area contributed by atoms with Gasteiger partial charge in [-0.2, -0.15) is 5.26 Å². The van der Waals surface area contributed by atoms with Gasteiger partial charge in [0, 0.05) is 12.6 Å². The van der Waals surface area contributed by atoms with Crippen LogP contribution in [0.15, 0.2) is 0 Å². The van der Waals surface area contributed by atoms with Crippen LogP contribution in [-0.4, -0.2) is 36.0 Å². The van der Waals surface area contributed by atoms with E-state index in [1.165, 1.54) is 32.1 Å². The van der Waals surface area contributed by atoms with Gasteiger partial charge in [-0.3, -0.25) is 4.79 Å². The zero-order valence-corrected chi connectivity index (χ0v) is 12.3. The highest BCUT2D eigenvalue weighted by atomic mass is 16.2. The molecule has 0 aromatic heterocycles. The summed E-state index contributed by atoms with van der Waals surface area (Å²) < 4.78 is 0. The second-order valence-corrected chi connectivity index (χ2v) is 5.09. The molecule has 4 nitrogen and oxygen atoms in total. The smallest absolute Gasteiger partial charge is 0.237 e. The molecule has 1 atom stereocenters. The highest BCUT2D eigenvalue weighted by Crippen LogP contribution is 2.18. The Balaban J connectivity index is 0.000000861. The highest BCUT2D eigenvalue weighted by molar-refractivity contribution is 5.79. The SMILES string of the molecule is CC.N#CC1CCCN1C(=O)CNC1CCCCC1. The predicted molar refractivity (Wildman–Crippen MR) is 76.6 cm³/mol. The van der Waals surface area contributed by atoms with Gasteiger partial charge in [0.15, 0.2) is 0 Å². The summed E-state index contributed by atoms with van der Waals surface area (Å²) in [6.07, 6.45) is 8.06. The van der Waals surface area contributed by atoms with Crippen molar-refractivity contribution in [1.82, 2.24) is 10.2 Å². The highest BCUT2D eigenvalue weighted by Gasteiger charge is 2.28. The number of likely N-dealkylation sites (tertiary alicyclic amines) is 1. The molecule has 0 aromatic carbocycles. The van der Waals surface area contributed by atoms with Crippen molar-refractivity contribution in [1.29, 1.82) is 5.26 Å². The van der Waals surface area contributed by atoms with Crippen LogP contribution in [0.2, 0.25) is 0 Å². The van der Waals surface area contributed by atoms with Crippen molar-refractivity contribution in [3.63, 3.8) is 0 Å². The van der Waals surface area contributed by atoms with Gasteiger partial charge in [0.25, 0.3) is 0 Å². The van der Waals surface area contributed by atoms with Crippen molar-refractivity contribution in [2.75, 3.05) is 13.1 Å². The molecule has 1 saturated heterocycles. The molecule has 4 heteroatoms. The van der Waals surface area contributed by atoms with Crippen molar-refractivity contribution in [3.8, 4) is 6.07 Å². The van der Waals surface area contributed by atoms with Crippen molar-refractivity contribution < 1.29 is 4.79 Å². The number of carbonyl (C=O) groups is 1. The fourth-order valence-electron chi connectivity index (χ4n) is 2.84. The first-order chi connectivity index (χ1) is 9.31. The predicted octanol–water partition coefficient (Wildman–Crippen LogP) is 2.45. The van der Waals surface area contributed by atoms with E-state index < -0.39 is 0 Å². The van der Waals surface area contributed by atoms with Gasteiger partial charge in [-0.25, -0.2) is 0 Å². The Morgan fingerprint density at radius 3 is 2.53 bits per heavy atom. The minimum atomic E-state index is -0.185. The number of nitrogens with one attached hydrogen (secondary N) is 1. The van der Waals surface area contributed by atoms with Crippen LogP contribution in [0.4, 0.5) is 0 Å². The maximum atomic E-state index is 12.0. The van der Waals surface area contributed by atoms with Crippen LogP contribution in [0.5, 0.6) is 0 Å². The fraction of sp³-hybridized carbons (Fsp3) is 0.867. The van der Waals surface area contributed by atoms with Gasteiger partial charge in [0.05, 0.1) is 12.6 Å². The molecule has 108 valence electrons. The number of hydrogen-bond acceptors (Lipinski definition) is 3. The first-order valence-electron chi connectivity index (χ1n) is 7.73. The van der Waals surface area contributed by atoms with Gasteiger partial charge in [0.1, 0.15) is 6.04 Å². The van der Waals surface area contributed by atoms with E-state index >= 15 is 0 Å². The lowest BCUT2D eigenvalue weighted by Crippen LogP contribution is -2.43. The van der Waals surface area contributed by atoms with Crippen LogP contribution >= 0.6 is 0 Å². The van der Waals surface area contributed by atoms with Gasteiger partial charge in [-0.05, 0) is 25.7 Å². The molecule has 19 heavy (non-hydrogen) atoms. The Kier molecular flexibility index (Phi) is 7.50. The maximum absolute atomic E-state index is 12.0. The Bertz CT molecular complexity index is 305. The van der Waals surface area contributed by atoms with Crippen LogP contribution in [0.25, 0.3) is 0 Å². The molecule has 2 rings (SSSR count). The first kappa shape index (κ1) is 16.0. The maximum Gasteiger partial charge on any atom is 0.237 e. The molecule has 1 N–H and O–H groups in total. The summed E-state index contributed by atoms with van der Waals surface area (Å²) in [5.74, 6) is 0.0969.